The molecule has 5 atom stereocenters. The molecule has 5 unspecified atom stereocenters. The number of hydrogen-bond donors (Lipinski definition) is 1. The molecule has 0 aromatic carbocycles. The van der Waals surface area contributed by atoms with Gasteiger partial charge in [-0.05, 0) is 56.2 Å². The summed E-state index contributed by atoms with van der Waals surface area (Å²) >= 11 is 9.96. The average molecular weight is 302 g/mol. The van der Waals surface area contributed by atoms with Crippen molar-refractivity contribution in [2.45, 2.75) is 70.9 Å². The number of rotatable bonds is 2. The Kier molecular flexibility index (Phi) is 5.04. The van der Waals surface area contributed by atoms with Crippen LogP contribution in [0.5, 0.6) is 0 Å². The van der Waals surface area contributed by atoms with Gasteiger partial charge in [0.2, 0.25) is 0 Å². The molecule has 0 bridgehead atoms. The summed E-state index contributed by atoms with van der Waals surface area (Å²) in [5.74, 6) is 2.30. The fourth-order valence-electron chi connectivity index (χ4n) is 3.92. The van der Waals surface area contributed by atoms with Gasteiger partial charge in [0.1, 0.15) is 6.10 Å². The summed E-state index contributed by atoms with van der Waals surface area (Å²) in [6.07, 6.45) is 5.20. The van der Waals surface area contributed by atoms with E-state index in [2.05, 4.69) is 45.2 Å². The highest BCUT2D eigenvalue weighted by Crippen LogP contribution is 2.38. The van der Waals surface area contributed by atoms with Crippen molar-refractivity contribution in [2.24, 2.45) is 17.8 Å². The smallest absolute Gasteiger partial charge is 0.260 e. The van der Waals surface area contributed by atoms with E-state index in [1.165, 1.54) is 19.3 Å². The normalized spacial score (nSPS) is 37.6. The standard InChI is InChI=1S/C15H27NOS2/c1-9(2)12-6-5-7-13-14(8-10(12)3)17-15(19)16(13)11(4)18/h9-14,18H,5-8H2,1-4H3. The summed E-state index contributed by atoms with van der Waals surface area (Å²) in [6, 6.07) is 0.440. The van der Waals surface area contributed by atoms with Gasteiger partial charge in [-0.15, -0.1) is 0 Å². The third kappa shape index (κ3) is 3.21. The molecule has 1 saturated heterocycles. The number of nitrogens with zero attached hydrogens (tertiary/aromatic N) is 1. The molecule has 0 radical (unpaired) electrons. The van der Waals surface area contributed by atoms with Gasteiger partial charge in [-0.25, -0.2) is 0 Å². The van der Waals surface area contributed by atoms with Crippen LogP contribution in [0.1, 0.15) is 53.4 Å². The fraction of sp³-hybridized carbons (Fsp3) is 0.933. The Bertz CT molecular complexity index is 332. The minimum Gasteiger partial charge on any atom is -0.465 e. The Hall–Kier alpha value is 0.0400. The molecule has 1 aliphatic heterocycles. The van der Waals surface area contributed by atoms with Crippen LogP contribution in [0.4, 0.5) is 0 Å². The van der Waals surface area contributed by atoms with E-state index in [4.69, 9.17) is 17.0 Å². The maximum Gasteiger partial charge on any atom is 0.260 e. The molecule has 0 aromatic rings. The molecule has 19 heavy (non-hydrogen) atoms. The minimum atomic E-state index is 0.151. The summed E-state index contributed by atoms with van der Waals surface area (Å²) in [5, 5.41) is 0.811. The van der Waals surface area contributed by atoms with Crippen LogP contribution in [-0.4, -0.2) is 27.6 Å². The van der Waals surface area contributed by atoms with Gasteiger partial charge < -0.3 is 9.64 Å². The van der Waals surface area contributed by atoms with Crippen molar-refractivity contribution in [1.29, 1.82) is 0 Å². The van der Waals surface area contributed by atoms with E-state index in [-0.39, 0.29) is 11.5 Å². The first-order valence-corrected chi connectivity index (χ1v) is 8.51. The van der Waals surface area contributed by atoms with E-state index in [9.17, 15) is 0 Å². The first kappa shape index (κ1) is 15.4. The Morgan fingerprint density at radius 3 is 2.58 bits per heavy atom. The molecule has 2 fully saturated rings. The summed E-state index contributed by atoms with van der Waals surface area (Å²) in [5.41, 5.74) is 0. The zero-order valence-electron chi connectivity index (χ0n) is 12.5. The zero-order chi connectivity index (χ0) is 14.2. The van der Waals surface area contributed by atoms with Crippen LogP contribution in [0.2, 0.25) is 0 Å². The van der Waals surface area contributed by atoms with Gasteiger partial charge in [0.15, 0.2) is 0 Å². The molecule has 2 nitrogen and oxygen atoms in total. The van der Waals surface area contributed by atoms with Gasteiger partial charge in [0.25, 0.3) is 5.17 Å². The largest absolute Gasteiger partial charge is 0.465 e. The van der Waals surface area contributed by atoms with Gasteiger partial charge in [-0.1, -0.05) is 27.2 Å². The number of hydrogen-bond acceptors (Lipinski definition) is 3. The van der Waals surface area contributed by atoms with E-state index in [0.717, 1.165) is 18.3 Å². The number of thiol groups is 1. The molecule has 0 spiro atoms. The van der Waals surface area contributed by atoms with Crippen LogP contribution in [0.15, 0.2) is 0 Å². The van der Waals surface area contributed by atoms with Crippen LogP contribution in [0, 0.1) is 17.8 Å². The van der Waals surface area contributed by atoms with Crippen LogP contribution < -0.4 is 0 Å². The lowest BCUT2D eigenvalue weighted by Crippen LogP contribution is -2.42. The quantitative estimate of drug-likeness (QED) is 0.609. The maximum atomic E-state index is 5.98. The molecule has 0 aromatic heterocycles. The van der Waals surface area contributed by atoms with Gasteiger partial charge in [-0.3, -0.25) is 0 Å². The predicted octanol–water partition coefficient (Wildman–Crippen LogP) is 4.10. The second-order valence-electron chi connectivity index (χ2n) is 6.58. The monoisotopic (exact) mass is 301 g/mol. The second-order valence-corrected chi connectivity index (χ2v) is 7.68. The van der Waals surface area contributed by atoms with Crippen LogP contribution in [0.3, 0.4) is 0 Å². The molecule has 110 valence electrons. The van der Waals surface area contributed by atoms with Crippen molar-refractivity contribution in [3.8, 4) is 0 Å². The fourth-order valence-corrected chi connectivity index (χ4v) is 4.69. The molecule has 1 aliphatic carbocycles. The van der Waals surface area contributed by atoms with Crippen molar-refractivity contribution < 1.29 is 4.74 Å². The molecular formula is C15H27NOS2. The lowest BCUT2D eigenvalue weighted by molar-refractivity contribution is 0.0995. The zero-order valence-corrected chi connectivity index (χ0v) is 14.2. The summed E-state index contributed by atoms with van der Waals surface area (Å²) in [6.45, 7) is 9.16. The molecule has 1 heterocycles. The number of ether oxygens (including phenoxy) is 1. The van der Waals surface area contributed by atoms with E-state index in [1.54, 1.807) is 0 Å². The van der Waals surface area contributed by atoms with Crippen molar-refractivity contribution in [2.75, 3.05) is 0 Å². The highest BCUT2D eigenvalue weighted by molar-refractivity contribution is 7.81. The van der Waals surface area contributed by atoms with Crippen LogP contribution in [-0.2, 0) is 4.74 Å². The number of thiocarbonyl (C=S) groups is 1. The Labute approximate surface area is 128 Å². The third-order valence-corrected chi connectivity index (χ3v) is 5.44. The summed E-state index contributed by atoms with van der Waals surface area (Å²) in [7, 11) is 0. The lowest BCUT2D eigenvalue weighted by Gasteiger charge is -2.35. The van der Waals surface area contributed by atoms with Crippen molar-refractivity contribution >= 4 is 30.0 Å². The van der Waals surface area contributed by atoms with E-state index in [0.29, 0.717) is 17.1 Å². The molecule has 0 amide bonds. The van der Waals surface area contributed by atoms with Crippen molar-refractivity contribution in [3.05, 3.63) is 0 Å². The SMILES string of the molecule is CC(C)C1CCCC2C(CC1C)OC(=S)N2C(C)S. The first-order chi connectivity index (χ1) is 8.91. The van der Waals surface area contributed by atoms with E-state index < -0.39 is 0 Å². The van der Waals surface area contributed by atoms with Gasteiger partial charge >= 0.3 is 0 Å². The second kappa shape index (κ2) is 6.21. The molecule has 0 N–H and O–H groups in total. The topological polar surface area (TPSA) is 12.5 Å². The van der Waals surface area contributed by atoms with Crippen molar-refractivity contribution in [1.82, 2.24) is 4.90 Å². The van der Waals surface area contributed by atoms with E-state index in [1.807, 2.05) is 0 Å². The minimum absolute atomic E-state index is 0.151. The molecule has 2 rings (SSSR count). The average Bonchev–Trinajstić information content (AvgIpc) is 2.57. The summed E-state index contributed by atoms with van der Waals surface area (Å²) in [4.78, 5) is 2.20. The molecular weight excluding hydrogens is 274 g/mol. The van der Waals surface area contributed by atoms with Gasteiger partial charge in [-0.2, -0.15) is 12.6 Å². The lowest BCUT2D eigenvalue weighted by atomic mass is 9.75. The van der Waals surface area contributed by atoms with E-state index >= 15 is 0 Å². The third-order valence-electron chi connectivity index (χ3n) is 4.88. The number of fused-ring (bicyclic) bond motifs is 1. The summed E-state index contributed by atoms with van der Waals surface area (Å²) < 4.78 is 5.98. The Morgan fingerprint density at radius 1 is 1.32 bits per heavy atom. The van der Waals surface area contributed by atoms with Crippen LogP contribution in [0.25, 0.3) is 0 Å². The molecule has 2 aliphatic rings. The maximum absolute atomic E-state index is 5.98. The van der Waals surface area contributed by atoms with Crippen LogP contribution >= 0.6 is 24.8 Å². The molecule has 4 heteroatoms. The highest BCUT2D eigenvalue weighted by Gasteiger charge is 2.43. The van der Waals surface area contributed by atoms with Crippen molar-refractivity contribution in [3.63, 3.8) is 0 Å². The highest BCUT2D eigenvalue weighted by atomic mass is 32.1. The Morgan fingerprint density at radius 2 is 2.00 bits per heavy atom. The predicted molar refractivity (Wildman–Crippen MR) is 87.5 cm³/mol. The Balaban J connectivity index is 2.12. The van der Waals surface area contributed by atoms with Gasteiger partial charge in [0, 0.05) is 0 Å². The van der Waals surface area contributed by atoms with Gasteiger partial charge in [0.05, 0.1) is 11.4 Å². The molecule has 1 saturated carbocycles. The first-order valence-electron chi connectivity index (χ1n) is 7.58.